The van der Waals surface area contributed by atoms with Crippen LogP contribution >= 0.6 is 0 Å². The summed E-state index contributed by atoms with van der Waals surface area (Å²) in [6.45, 7) is 2.13. The van der Waals surface area contributed by atoms with Crippen molar-refractivity contribution in [2.45, 2.75) is 25.7 Å². The lowest BCUT2D eigenvalue weighted by Gasteiger charge is -2.34. The van der Waals surface area contributed by atoms with Crippen molar-refractivity contribution in [2.24, 2.45) is 5.92 Å². The Morgan fingerprint density at radius 3 is 2.55 bits per heavy atom. The van der Waals surface area contributed by atoms with E-state index in [1.807, 2.05) is 0 Å². The molecule has 1 aliphatic rings. The van der Waals surface area contributed by atoms with E-state index >= 15 is 0 Å². The fourth-order valence-corrected chi connectivity index (χ4v) is 1.12. The zero-order valence-corrected chi connectivity index (χ0v) is 6.36. The maximum Gasteiger partial charge on any atom is 0.249 e. The van der Waals surface area contributed by atoms with Crippen LogP contribution in [0.2, 0.25) is 0 Å². The first-order chi connectivity index (χ1) is 5.05. The zero-order valence-electron chi connectivity index (χ0n) is 6.36. The molecular formula is C7H11F2NO. The highest BCUT2D eigenvalue weighted by molar-refractivity contribution is 5.76. The Kier molecular flexibility index (Phi) is 2.11. The molecule has 2 nitrogen and oxygen atoms in total. The van der Waals surface area contributed by atoms with E-state index in [0.29, 0.717) is 6.61 Å². The average molecular weight is 163 g/mol. The quantitative estimate of drug-likeness (QED) is 0.490. The fraction of sp³-hybridized carbons (Fsp3) is 0.857. The third-order valence-corrected chi connectivity index (χ3v) is 1.76. The van der Waals surface area contributed by atoms with E-state index in [2.05, 4.69) is 0 Å². The van der Waals surface area contributed by atoms with Crippen LogP contribution in [0, 0.1) is 11.3 Å². The predicted octanol–water partition coefficient (Wildman–Crippen LogP) is 2.05. The van der Waals surface area contributed by atoms with Crippen molar-refractivity contribution in [1.29, 1.82) is 5.41 Å². The summed E-state index contributed by atoms with van der Waals surface area (Å²) in [5, 5.41) is 7.17. The number of nitrogens with one attached hydrogen (secondary N) is 1. The molecule has 64 valence electrons. The molecule has 0 atom stereocenters. The Morgan fingerprint density at radius 1 is 1.64 bits per heavy atom. The van der Waals surface area contributed by atoms with Gasteiger partial charge in [-0.15, -0.1) is 0 Å². The number of alkyl halides is 2. The highest BCUT2D eigenvalue weighted by atomic mass is 19.3. The summed E-state index contributed by atoms with van der Waals surface area (Å²) in [4.78, 5) is 0. The Labute approximate surface area is 64.1 Å². The highest BCUT2D eigenvalue weighted by Crippen LogP contribution is 2.42. The van der Waals surface area contributed by atoms with Crippen molar-refractivity contribution in [3.05, 3.63) is 0 Å². The summed E-state index contributed by atoms with van der Waals surface area (Å²) in [7, 11) is 0. The minimum Gasteiger partial charge on any atom is -0.481 e. The molecule has 1 saturated carbocycles. The molecule has 11 heavy (non-hydrogen) atoms. The van der Waals surface area contributed by atoms with Gasteiger partial charge in [-0.25, -0.2) is 8.78 Å². The van der Waals surface area contributed by atoms with E-state index in [0.717, 1.165) is 0 Å². The van der Waals surface area contributed by atoms with Crippen LogP contribution in [-0.2, 0) is 4.74 Å². The molecule has 0 amide bonds. The zero-order chi connectivity index (χ0) is 8.48. The smallest absolute Gasteiger partial charge is 0.249 e. The second-order valence-electron chi connectivity index (χ2n) is 2.76. The molecule has 1 N–H and O–H groups in total. The Hall–Kier alpha value is -0.670. The van der Waals surface area contributed by atoms with Crippen molar-refractivity contribution in [3.8, 4) is 0 Å². The summed E-state index contributed by atoms with van der Waals surface area (Å²) < 4.78 is 29.3. The molecule has 0 aromatic heterocycles. The van der Waals surface area contributed by atoms with Gasteiger partial charge in [0.05, 0.1) is 6.61 Å². The van der Waals surface area contributed by atoms with Crippen molar-refractivity contribution in [3.63, 3.8) is 0 Å². The molecular weight excluding hydrogens is 152 g/mol. The maximum absolute atomic E-state index is 12.2. The van der Waals surface area contributed by atoms with Crippen molar-refractivity contribution in [2.75, 3.05) is 6.61 Å². The van der Waals surface area contributed by atoms with Crippen LogP contribution in [0.3, 0.4) is 0 Å². The van der Waals surface area contributed by atoms with Gasteiger partial charge >= 0.3 is 0 Å². The first-order valence-corrected chi connectivity index (χ1v) is 3.64. The summed E-state index contributed by atoms with van der Waals surface area (Å²) >= 11 is 0. The van der Waals surface area contributed by atoms with E-state index in [4.69, 9.17) is 10.1 Å². The monoisotopic (exact) mass is 163 g/mol. The molecule has 0 unspecified atom stereocenters. The molecule has 4 heteroatoms. The molecule has 0 saturated heterocycles. The lowest BCUT2D eigenvalue weighted by Crippen LogP contribution is -2.40. The second-order valence-corrected chi connectivity index (χ2v) is 2.76. The number of hydrogen-bond acceptors (Lipinski definition) is 2. The highest BCUT2D eigenvalue weighted by Gasteiger charge is 2.47. The molecule has 1 fully saturated rings. The molecule has 1 rings (SSSR count). The largest absolute Gasteiger partial charge is 0.481 e. The lowest BCUT2D eigenvalue weighted by atomic mass is 9.81. The Bertz CT molecular complexity index is 162. The number of rotatable bonds is 2. The summed E-state index contributed by atoms with van der Waals surface area (Å²) in [6, 6.07) is 0. The van der Waals surface area contributed by atoms with Crippen LogP contribution in [-0.4, -0.2) is 18.4 Å². The van der Waals surface area contributed by atoms with E-state index < -0.39 is 5.92 Å². The number of ether oxygens (including phenoxy) is 1. The molecule has 0 radical (unpaired) electrons. The SMILES string of the molecule is CCOC(=N)C1CC(F)(F)C1. The molecule has 0 spiro atoms. The number of halogens is 2. The van der Waals surface area contributed by atoms with Gasteiger partial charge in [0.2, 0.25) is 5.92 Å². The van der Waals surface area contributed by atoms with Crippen LogP contribution in [0.25, 0.3) is 0 Å². The van der Waals surface area contributed by atoms with Crippen molar-refractivity contribution in [1.82, 2.24) is 0 Å². The number of hydrogen-bond donors (Lipinski definition) is 1. The van der Waals surface area contributed by atoms with Crippen LogP contribution in [0.5, 0.6) is 0 Å². The topological polar surface area (TPSA) is 33.1 Å². The van der Waals surface area contributed by atoms with Crippen LogP contribution in [0.15, 0.2) is 0 Å². The van der Waals surface area contributed by atoms with Gasteiger partial charge in [0.1, 0.15) is 0 Å². The first-order valence-electron chi connectivity index (χ1n) is 3.64. The first kappa shape index (κ1) is 8.43. The third-order valence-electron chi connectivity index (χ3n) is 1.76. The van der Waals surface area contributed by atoms with Crippen LogP contribution in [0.1, 0.15) is 19.8 Å². The molecule has 0 aromatic rings. The Morgan fingerprint density at radius 2 is 2.18 bits per heavy atom. The van der Waals surface area contributed by atoms with Gasteiger partial charge in [0, 0.05) is 18.8 Å². The van der Waals surface area contributed by atoms with Crippen LogP contribution < -0.4 is 0 Å². The van der Waals surface area contributed by atoms with Crippen molar-refractivity contribution >= 4 is 5.90 Å². The minimum absolute atomic E-state index is 0.0124. The maximum atomic E-state index is 12.2. The van der Waals surface area contributed by atoms with E-state index in [9.17, 15) is 8.78 Å². The van der Waals surface area contributed by atoms with Gasteiger partial charge in [-0.2, -0.15) is 0 Å². The van der Waals surface area contributed by atoms with Crippen molar-refractivity contribution < 1.29 is 13.5 Å². The molecule has 0 bridgehead atoms. The molecule has 0 aromatic carbocycles. The minimum atomic E-state index is -2.55. The normalized spacial score (nSPS) is 22.5. The summed E-state index contributed by atoms with van der Waals surface area (Å²) in [5.41, 5.74) is 0. The van der Waals surface area contributed by atoms with E-state index in [1.165, 1.54) is 0 Å². The Balaban J connectivity index is 2.27. The third kappa shape index (κ3) is 1.88. The summed E-state index contributed by atoms with van der Waals surface area (Å²) in [5.74, 6) is -2.88. The van der Waals surface area contributed by atoms with Gasteiger partial charge in [-0.05, 0) is 6.92 Å². The molecule has 0 aliphatic heterocycles. The summed E-state index contributed by atoms with van der Waals surface area (Å²) in [6.07, 6.45) is -0.433. The van der Waals surface area contributed by atoms with E-state index in [1.54, 1.807) is 6.92 Å². The fourth-order valence-electron chi connectivity index (χ4n) is 1.12. The average Bonchev–Trinajstić information content (AvgIpc) is 1.83. The van der Waals surface area contributed by atoms with E-state index in [-0.39, 0.29) is 24.7 Å². The standard InChI is InChI=1S/C7H11F2NO/c1-2-11-6(10)5-3-7(8,9)4-5/h5,10H,2-4H2,1H3. The van der Waals surface area contributed by atoms with Gasteiger partial charge in [0.25, 0.3) is 0 Å². The van der Waals surface area contributed by atoms with Gasteiger partial charge < -0.3 is 4.74 Å². The molecule has 1 aliphatic carbocycles. The van der Waals surface area contributed by atoms with Gasteiger partial charge in [-0.3, -0.25) is 5.41 Å². The lowest BCUT2D eigenvalue weighted by molar-refractivity contribution is -0.0958. The molecule has 0 heterocycles. The van der Waals surface area contributed by atoms with Gasteiger partial charge in [0.15, 0.2) is 5.90 Å². The second kappa shape index (κ2) is 2.75. The predicted molar refractivity (Wildman–Crippen MR) is 37.0 cm³/mol. The van der Waals surface area contributed by atoms with Crippen LogP contribution in [0.4, 0.5) is 8.78 Å². The van der Waals surface area contributed by atoms with Gasteiger partial charge in [-0.1, -0.05) is 0 Å².